The lowest BCUT2D eigenvalue weighted by molar-refractivity contribution is -0.119. The zero-order chi connectivity index (χ0) is 14.5. The van der Waals surface area contributed by atoms with E-state index in [1.807, 2.05) is 0 Å². The van der Waals surface area contributed by atoms with Crippen LogP contribution in [0.1, 0.15) is 23.2 Å². The largest absolute Gasteiger partial charge is 0.484 e. The summed E-state index contributed by atoms with van der Waals surface area (Å²) in [6.07, 6.45) is 1.75. The summed E-state index contributed by atoms with van der Waals surface area (Å²) in [6, 6.07) is 6.45. The second-order valence-electron chi connectivity index (χ2n) is 4.76. The molecular formula is C14H18N2O4. The lowest BCUT2D eigenvalue weighted by atomic mass is 10.1. The number of nitrogens with two attached hydrogens (primary N) is 1. The van der Waals surface area contributed by atoms with Crippen molar-refractivity contribution in [3.63, 3.8) is 0 Å². The highest BCUT2D eigenvalue weighted by atomic mass is 16.5. The number of nitrogens with zero attached hydrogens (tertiary/aromatic N) is 1. The fourth-order valence-corrected chi connectivity index (χ4v) is 2.31. The molecule has 6 nitrogen and oxygen atoms in total. The van der Waals surface area contributed by atoms with Crippen molar-refractivity contribution in [2.45, 2.75) is 18.9 Å². The Bertz CT molecular complexity index is 486. The third-order valence-electron chi connectivity index (χ3n) is 3.33. The molecule has 108 valence electrons. The third kappa shape index (κ3) is 3.27. The van der Waals surface area contributed by atoms with E-state index >= 15 is 0 Å². The van der Waals surface area contributed by atoms with Gasteiger partial charge in [-0.25, -0.2) is 0 Å². The number of hydrogen-bond donors (Lipinski definition) is 2. The van der Waals surface area contributed by atoms with E-state index in [9.17, 15) is 14.7 Å². The van der Waals surface area contributed by atoms with E-state index in [2.05, 4.69) is 0 Å². The van der Waals surface area contributed by atoms with Crippen molar-refractivity contribution in [2.24, 2.45) is 5.73 Å². The van der Waals surface area contributed by atoms with E-state index in [0.717, 1.165) is 12.8 Å². The third-order valence-corrected chi connectivity index (χ3v) is 3.33. The zero-order valence-corrected chi connectivity index (χ0v) is 11.1. The summed E-state index contributed by atoms with van der Waals surface area (Å²) in [5.74, 6) is -0.156. The van der Waals surface area contributed by atoms with Crippen molar-refractivity contribution in [3.8, 4) is 5.75 Å². The van der Waals surface area contributed by atoms with Crippen LogP contribution in [0.15, 0.2) is 24.3 Å². The maximum absolute atomic E-state index is 12.3. The fourth-order valence-electron chi connectivity index (χ4n) is 2.31. The van der Waals surface area contributed by atoms with Crippen LogP contribution < -0.4 is 10.5 Å². The van der Waals surface area contributed by atoms with Gasteiger partial charge < -0.3 is 20.5 Å². The van der Waals surface area contributed by atoms with Crippen LogP contribution >= 0.6 is 0 Å². The summed E-state index contributed by atoms with van der Waals surface area (Å²) in [4.78, 5) is 24.6. The quantitative estimate of drug-likeness (QED) is 0.801. The van der Waals surface area contributed by atoms with Crippen LogP contribution in [0, 0.1) is 0 Å². The van der Waals surface area contributed by atoms with Crippen LogP contribution in [-0.4, -0.2) is 47.6 Å². The van der Waals surface area contributed by atoms with Gasteiger partial charge in [-0.05, 0) is 37.1 Å². The Morgan fingerprint density at radius 1 is 1.35 bits per heavy atom. The number of aliphatic hydroxyl groups excluding tert-OH is 1. The molecule has 2 amide bonds. The van der Waals surface area contributed by atoms with Crippen LogP contribution in [0.3, 0.4) is 0 Å². The normalized spacial score (nSPS) is 18.1. The van der Waals surface area contributed by atoms with E-state index in [0.29, 0.717) is 17.9 Å². The van der Waals surface area contributed by atoms with E-state index in [4.69, 9.17) is 10.5 Å². The number of aliphatic hydroxyl groups is 1. The molecule has 0 radical (unpaired) electrons. The van der Waals surface area contributed by atoms with Crippen molar-refractivity contribution in [1.29, 1.82) is 0 Å². The van der Waals surface area contributed by atoms with E-state index in [-0.39, 0.29) is 25.2 Å². The van der Waals surface area contributed by atoms with Crippen molar-refractivity contribution in [2.75, 3.05) is 19.8 Å². The van der Waals surface area contributed by atoms with Crippen molar-refractivity contribution in [3.05, 3.63) is 29.8 Å². The number of rotatable bonds is 5. The number of carbonyl (C=O) groups excluding carboxylic acids is 2. The van der Waals surface area contributed by atoms with Gasteiger partial charge >= 0.3 is 0 Å². The molecule has 1 aliphatic heterocycles. The first-order valence-corrected chi connectivity index (χ1v) is 6.55. The number of carbonyl (C=O) groups is 2. The molecular weight excluding hydrogens is 260 g/mol. The van der Waals surface area contributed by atoms with Gasteiger partial charge in [-0.2, -0.15) is 0 Å². The number of ether oxygens (including phenoxy) is 1. The minimum atomic E-state index is -0.548. The fraction of sp³-hybridized carbons (Fsp3) is 0.429. The molecule has 0 bridgehead atoms. The summed E-state index contributed by atoms with van der Waals surface area (Å²) in [5.41, 5.74) is 5.52. The molecule has 20 heavy (non-hydrogen) atoms. The second-order valence-corrected chi connectivity index (χ2v) is 4.76. The summed E-state index contributed by atoms with van der Waals surface area (Å²) in [5, 5.41) is 9.24. The zero-order valence-electron chi connectivity index (χ0n) is 11.1. The monoisotopic (exact) mass is 278 g/mol. The van der Waals surface area contributed by atoms with E-state index < -0.39 is 5.91 Å². The Labute approximate surface area is 117 Å². The van der Waals surface area contributed by atoms with Crippen molar-refractivity contribution >= 4 is 11.8 Å². The molecule has 3 N–H and O–H groups in total. The second kappa shape index (κ2) is 6.38. The first kappa shape index (κ1) is 14.3. The summed E-state index contributed by atoms with van der Waals surface area (Å²) in [7, 11) is 0. The van der Waals surface area contributed by atoms with Crippen LogP contribution in [0.25, 0.3) is 0 Å². The average molecular weight is 278 g/mol. The maximum Gasteiger partial charge on any atom is 0.255 e. The smallest absolute Gasteiger partial charge is 0.255 e. The van der Waals surface area contributed by atoms with Gasteiger partial charge in [0.25, 0.3) is 11.8 Å². The van der Waals surface area contributed by atoms with Gasteiger partial charge in [-0.1, -0.05) is 0 Å². The Hall–Kier alpha value is -2.08. The predicted octanol–water partition coefficient (Wildman–Crippen LogP) is 0.148. The summed E-state index contributed by atoms with van der Waals surface area (Å²) in [6.45, 7) is 0.474. The molecule has 0 saturated carbocycles. The number of amides is 2. The molecule has 1 heterocycles. The SMILES string of the molecule is NC(=O)COc1ccc(C(=O)N2CCC[C@H]2CO)cc1. The molecule has 1 atom stereocenters. The van der Waals surface area contributed by atoms with Gasteiger partial charge in [0.2, 0.25) is 0 Å². The molecule has 0 aromatic heterocycles. The van der Waals surface area contributed by atoms with Crippen molar-refractivity contribution < 1.29 is 19.4 Å². The predicted molar refractivity (Wildman–Crippen MR) is 72.3 cm³/mol. The molecule has 6 heteroatoms. The van der Waals surface area contributed by atoms with E-state index in [1.165, 1.54) is 0 Å². The Morgan fingerprint density at radius 2 is 2.05 bits per heavy atom. The number of likely N-dealkylation sites (tertiary alicyclic amines) is 1. The standard InChI is InChI=1S/C14H18N2O4/c15-13(18)9-20-12-5-3-10(4-6-12)14(19)16-7-1-2-11(16)8-17/h3-6,11,17H,1-2,7-9H2,(H2,15,18)/t11-/m0/s1. The van der Waals surface area contributed by atoms with Gasteiger partial charge in [0.05, 0.1) is 12.6 Å². The first-order chi connectivity index (χ1) is 9.61. The number of hydrogen-bond acceptors (Lipinski definition) is 4. The first-order valence-electron chi connectivity index (χ1n) is 6.55. The molecule has 1 aromatic rings. The molecule has 2 rings (SSSR count). The van der Waals surface area contributed by atoms with Gasteiger partial charge in [-0.15, -0.1) is 0 Å². The maximum atomic E-state index is 12.3. The lowest BCUT2D eigenvalue weighted by Gasteiger charge is -2.23. The Morgan fingerprint density at radius 3 is 2.65 bits per heavy atom. The Balaban J connectivity index is 2.02. The van der Waals surface area contributed by atoms with Crippen LogP contribution in [0.2, 0.25) is 0 Å². The molecule has 1 saturated heterocycles. The minimum Gasteiger partial charge on any atom is -0.484 e. The molecule has 1 fully saturated rings. The van der Waals surface area contributed by atoms with Crippen molar-refractivity contribution in [1.82, 2.24) is 4.90 Å². The molecule has 0 spiro atoms. The van der Waals surface area contributed by atoms with Crippen LogP contribution in [-0.2, 0) is 4.79 Å². The lowest BCUT2D eigenvalue weighted by Crippen LogP contribution is -2.37. The van der Waals surface area contributed by atoms with Gasteiger partial charge in [-0.3, -0.25) is 9.59 Å². The van der Waals surface area contributed by atoms with Crippen LogP contribution in [0.5, 0.6) is 5.75 Å². The number of benzene rings is 1. The highest BCUT2D eigenvalue weighted by Gasteiger charge is 2.28. The average Bonchev–Trinajstić information content (AvgIpc) is 2.93. The summed E-state index contributed by atoms with van der Waals surface area (Å²) >= 11 is 0. The minimum absolute atomic E-state index is 0.00839. The number of primary amides is 1. The topological polar surface area (TPSA) is 92.9 Å². The highest BCUT2D eigenvalue weighted by molar-refractivity contribution is 5.94. The van der Waals surface area contributed by atoms with Gasteiger partial charge in [0.15, 0.2) is 6.61 Å². The van der Waals surface area contributed by atoms with Crippen LogP contribution in [0.4, 0.5) is 0 Å². The van der Waals surface area contributed by atoms with Gasteiger partial charge in [0.1, 0.15) is 5.75 Å². The molecule has 1 aromatic carbocycles. The molecule has 0 unspecified atom stereocenters. The van der Waals surface area contributed by atoms with E-state index in [1.54, 1.807) is 29.2 Å². The molecule has 1 aliphatic rings. The highest BCUT2D eigenvalue weighted by Crippen LogP contribution is 2.21. The summed E-state index contributed by atoms with van der Waals surface area (Å²) < 4.78 is 5.13. The van der Waals surface area contributed by atoms with Gasteiger partial charge in [0, 0.05) is 12.1 Å². The Kier molecular flexibility index (Phi) is 4.57. The molecule has 0 aliphatic carbocycles.